The van der Waals surface area contributed by atoms with Crippen LogP contribution in [-0.2, 0) is 9.63 Å². The molecule has 206 valence electrons. The summed E-state index contributed by atoms with van der Waals surface area (Å²) in [5, 5.41) is 7.96. The summed E-state index contributed by atoms with van der Waals surface area (Å²) in [6, 6.07) is 0.303. The Morgan fingerprint density at radius 3 is 2.73 bits per heavy atom. The van der Waals surface area contributed by atoms with E-state index in [1.165, 1.54) is 44.1 Å². The van der Waals surface area contributed by atoms with Crippen molar-refractivity contribution >= 4 is 17.6 Å². The summed E-state index contributed by atoms with van der Waals surface area (Å²) >= 11 is 0. The van der Waals surface area contributed by atoms with E-state index in [-0.39, 0.29) is 16.9 Å². The lowest BCUT2D eigenvalue weighted by Crippen LogP contribution is -2.51. The number of ketones is 1. The van der Waals surface area contributed by atoms with Crippen LogP contribution in [0.1, 0.15) is 91.4 Å². The third-order valence-electron chi connectivity index (χ3n) is 11.2. The van der Waals surface area contributed by atoms with Crippen LogP contribution in [-0.4, -0.2) is 54.7 Å². The van der Waals surface area contributed by atoms with Gasteiger partial charge in [0.15, 0.2) is 5.78 Å². The number of allylic oxidation sites excluding steroid dienone is 1. The van der Waals surface area contributed by atoms with Gasteiger partial charge in [0.2, 0.25) is 0 Å². The van der Waals surface area contributed by atoms with E-state index >= 15 is 0 Å². The molecule has 1 aliphatic heterocycles. The quantitative estimate of drug-likeness (QED) is 0.295. The molecule has 5 aliphatic rings. The molecule has 7 atom stereocenters. The van der Waals surface area contributed by atoms with E-state index in [1.807, 2.05) is 6.08 Å². The molecule has 1 unspecified atom stereocenters. The van der Waals surface area contributed by atoms with Gasteiger partial charge >= 0.3 is 6.09 Å². The average molecular weight is 513 g/mol. The van der Waals surface area contributed by atoms with Crippen molar-refractivity contribution in [2.75, 3.05) is 26.2 Å². The first-order valence-electron chi connectivity index (χ1n) is 14.9. The number of nitrogens with two attached hydrogens (primary N) is 1. The molecule has 37 heavy (non-hydrogen) atoms. The number of oxime groups is 1. The predicted octanol–water partition coefficient (Wildman–Crippen LogP) is 5.05. The van der Waals surface area contributed by atoms with Crippen molar-refractivity contribution in [2.24, 2.45) is 45.4 Å². The van der Waals surface area contributed by atoms with E-state index < -0.39 is 0 Å². The molecular weight excluding hydrogens is 464 g/mol. The number of hydrogen-bond donors (Lipinski definition) is 2. The molecule has 0 aromatic carbocycles. The maximum atomic E-state index is 13.0. The van der Waals surface area contributed by atoms with Crippen molar-refractivity contribution < 1.29 is 14.4 Å². The molecule has 7 heteroatoms. The highest BCUT2D eigenvalue weighted by atomic mass is 16.7. The van der Waals surface area contributed by atoms with Crippen LogP contribution in [0.25, 0.3) is 0 Å². The van der Waals surface area contributed by atoms with E-state index in [0.717, 1.165) is 43.9 Å². The third kappa shape index (κ3) is 5.03. The largest absolute Gasteiger partial charge is 0.436 e. The van der Waals surface area contributed by atoms with Gasteiger partial charge in [0.1, 0.15) is 0 Å². The molecule has 0 bridgehead atoms. The van der Waals surface area contributed by atoms with Crippen molar-refractivity contribution in [3.8, 4) is 0 Å². The summed E-state index contributed by atoms with van der Waals surface area (Å²) in [6.45, 7) is 9.50. The summed E-state index contributed by atoms with van der Waals surface area (Å²) in [7, 11) is 0. The second kappa shape index (κ2) is 10.8. The zero-order valence-electron chi connectivity index (χ0n) is 23.3. The molecule has 0 aromatic heterocycles. The maximum absolute atomic E-state index is 13.0. The summed E-state index contributed by atoms with van der Waals surface area (Å²) in [5.74, 6) is 2.77. The zero-order valence-corrected chi connectivity index (χ0v) is 23.3. The van der Waals surface area contributed by atoms with Gasteiger partial charge in [0.05, 0.1) is 5.71 Å². The number of amides is 1. The van der Waals surface area contributed by atoms with Crippen LogP contribution in [0.3, 0.4) is 0 Å². The predicted molar refractivity (Wildman–Crippen MR) is 146 cm³/mol. The van der Waals surface area contributed by atoms with Crippen LogP contribution >= 0.6 is 0 Å². The fourth-order valence-corrected chi connectivity index (χ4v) is 9.24. The number of hydrogen-bond acceptors (Lipinski definition) is 6. The number of fused-ring (bicyclic) bond motifs is 5. The number of carbonyl (C=O) groups excluding carboxylic acids is 2. The molecule has 1 saturated heterocycles. The number of piperidine rings is 1. The minimum absolute atomic E-state index is 0.201. The Morgan fingerprint density at radius 1 is 1.14 bits per heavy atom. The molecule has 3 saturated carbocycles. The Kier molecular flexibility index (Phi) is 7.84. The molecule has 1 heterocycles. The summed E-state index contributed by atoms with van der Waals surface area (Å²) in [5.41, 5.74) is 8.60. The Labute approximate surface area is 223 Å². The number of rotatable bonds is 6. The minimum atomic E-state index is -0.382. The molecule has 0 radical (unpaired) electrons. The van der Waals surface area contributed by atoms with Gasteiger partial charge in [-0.1, -0.05) is 31.0 Å². The van der Waals surface area contributed by atoms with Crippen LogP contribution in [0.4, 0.5) is 4.79 Å². The topological polar surface area (TPSA) is 97.0 Å². The van der Waals surface area contributed by atoms with E-state index in [9.17, 15) is 9.59 Å². The lowest BCUT2D eigenvalue weighted by atomic mass is 9.46. The molecular formula is C30H48N4O3. The van der Waals surface area contributed by atoms with Crippen molar-refractivity contribution in [2.45, 2.75) is 97.4 Å². The van der Waals surface area contributed by atoms with E-state index in [2.05, 4.69) is 31.2 Å². The first-order chi connectivity index (χ1) is 17.8. The van der Waals surface area contributed by atoms with E-state index in [1.54, 1.807) is 4.90 Å². The fourth-order valence-electron chi connectivity index (χ4n) is 9.24. The van der Waals surface area contributed by atoms with Gasteiger partial charge in [-0.2, -0.15) is 0 Å². The van der Waals surface area contributed by atoms with Crippen LogP contribution in [0, 0.1) is 34.5 Å². The fraction of sp³-hybridized carbons (Fsp3) is 0.833. The maximum Gasteiger partial charge on any atom is 0.436 e. The molecule has 0 spiro atoms. The SMILES string of the molecule is C/C(=N\OC(=O)N(CCN)CC1CCCCN1)[C@H]1CC[C@H]2[C@@H]3CCC4=CC(=O)CC[C@]4(C)[C@H]3CC[C@]12C. The Hall–Kier alpha value is -1.73. The second-order valence-corrected chi connectivity index (χ2v) is 13.1. The van der Waals surface area contributed by atoms with Gasteiger partial charge in [0, 0.05) is 38.0 Å². The lowest BCUT2D eigenvalue weighted by Gasteiger charge is -2.58. The molecule has 0 aromatic rings. The number of nitrogens with zero attached hydrogens (tertiary/aromatic N) is 2. The first kappa shape index (κ1) is 26.9. The van der Waals surface area contributed by atoms with E-state index in [0.29, 0.717) is 55.6 Å². The van der Waals surface area contributed by atoms with Crippen molar-refractivity contribution in [1.82, 2.24) is 10.2 Å². The smallest absolute Gasteiger partial charge is 0.329 e. The van der Waals surface area contributed by atoms with Gasteiger partial charge in [-0.25, -0.2) is 4.79 Å². The zero-order chi connectivity index (χ0) is 26.2. The second-order valence-electron chi connectivity index (χ2n) is 13.1. The van der Waals surface area contributed by atoms with Gasteiger partial charge in [-0.05, 0) is 106 Å². The third-order valence-corrected chi connectivity index (χ3v) is 11.2. The summed E-state index contributed by atoms with van der Waals surface area (Å²) in [4.78, 5) is 32.3. The Bertz CT molecular complexity index is 941. The Balaban J connectivity index is 1.25. The molecule has 4 fully saturated rings. The van der Waals surface area contributed by atoms with Crippen LogP contribution in [0.15, 0.2) is 16.8 Å². The minimum Gasteiger partial charge on any atom is -0.329 e. The van der Waals surface area contributed by atoms with Crippen molar-refractivity contribution in [3.63, 3.8) is 0 Å². The monoisotopic (exact) mass is 512 g/mol. The van der Waals surface area contributed by atoms with Crippen LogP contribution in [0.5, 0.6) is 0 Å². The van der Waals surface area contributed by atoms with E-state index in [4.69, 9.17) is 10.6 Å². The van der Waals surface area contributed by atoms with Crippen LogP contribution in [0.2, 0.25) is 0 Å². The van der Waals surface area contributed by atoms with Gasteiger partial charge in [-0.15, -0.1) is 0 Å². The van der Waals surface area contributed by atoms with Crippen molar-refractivity contribution in [3.05, 3.63) is 11.6 Å². The van der Waals surface area contributed by atoms with Gasteiger partial charge in [0.25, 0.3) is 0 Å². The van der Waals surface area contributed by atoms with Crippen LogP contribution < -0.4 is 11.1 Å². The highest BCUT2D eigenvalue weighted by molar-refractivity contribution is 5.91. The molecule has 5 rings (SSSR count). The molecule has 7 nitrogen and oxygen atoms in total. The molecule has 1 amide bonds. The summed E-state index contributed by atoms with van der Waals surface area (Å²) < 4.78 is 0. The number of carbonyl (C=O) groups is 2. The first-order valence-corrected chi connectivity index (χ1v) is 14.9. The standard InChI is InChI=1S/C30H48N4O3/c1-20(33-37-28(36)34(17-15-31)19-22-6-4-5-16-32-22)25-9-10-26-24-8-7-21-18-23(35)11-13-29(21,2)27(24)12-14-30(25,26)3/h18,22,24-27,32H,4-17,19,31H2,1-3H3/b33-20+/t22?,24-,25+,26-,27-,29-,30+/m0/s1. The molecule has 4 aliphatic carbocycles. The highest BCUT2D eigenvalue weighted by Crippen LogP contribution is 2.66. The summed E-state index contributed by atoms with van der Waals surface area (Å²) in [6.07, 6.45) is 13.9. The normalized spacial score (nSPS) is 39.8. The van der Waals surface area contributed by atoms with Crippen molar-refractivity contribution in [1.29, 1.82) is 0 Å². The number of nitrogens with one attached hydrogen (secondary N) is 1. The highest BCUT2D eigenvalue weighted by Gasteiger charge is 2.59. The Morgan fingerprint density at radius 2 is 1.97 bits per heavy atom. The van der Waals surface area contributed by atoms with Gasteiger partial charge in [-0.3, -0.25) is 9.63 Å². The molecule has 3 N–H and O–H groups in total. The van der Waals surface area contributed by atoms with Gasteiger partial charge < -0.3 is 16.0 Å². The lowest BCUT2D eigenvalue weighted by molar-refractivity contribution is -0.117. The average Bonchev–Trinajstić information content (AvgIpc) is 3.25.